The van der Waals surface area contributed by atoms with Gasteiger partial charge in [-0.3, -0.25) is 0 Å². The standard InChI is InChI=1S/C22H16F2O4/c23-18-8-1-4-14(10-18)11-20(15-5-3-9-19(24)13-15)28-22(27)17-7-2-6-16(12-17)21(25)26/h1-10,12-13,20H,11H2,(H,25,26). The molecular weight excluding hydrogens is 366 g/mol. The molecule has 0 aliphatic heterocycles. The molecule has 0 fully saturated rings. The Kier molecular flexibility index (Phi) is 5.79. The maximum atomic E-state index is 13.7. The van der Waals surface area contributed by atoms with Gasteiger partial charge < -0.3 is 9.84 Å². The predicted octanol–water partition coefficient (Wildman–Crippen LogP) is 4.80. The lowest BCUT2D eigenvalue weighted by atomic mass is 10.0. The number of esters is 1. The Labute approximate surface area is 160 Å². The maximum absolute atomic E-state index is 13.7. The number of hydrogen-bond donors (Lipinski definition) is 1. The summed E-state index contributed by atoms with van der Waals surface area (Å²) in [5, 5.41) is 9.07. The first-order chi connectivity index (χ1) is 13.4. The highest BCUT2D eigenvalue weighted by Crippen LogP contribution is 2.25. The summed E-state index contributed by atoms with van der Waals surface area (Å²) in [7, 11) is 0. The monoisotopic (exact) mass is 382 g/mol. The van der Waals surface area contributed by atoms with Crippen LogP contribution >= 0.6 is 0 Å². The number of carbonyl (C=O) groups is 2. The van der Waals surface area contributed by atoms with Gasteiger partial charge in [0.05, 0.1) is 11.1 Å². The van der Waals surface area contributed by atoms with Crippen molar-refractivity contribution in [2.75, 3.05) is 0 Å². The lowest BCUT2D eigenvalue weighted by Crippen LogP contribution is -2.15. The van der Waals surface area contributed by atoms with E-state index in [1.54, 1.807) is 12.1 Å². The van der Waals surface area contributed by atoms with E-state index in [2.05, 4.69) is 0 Å². The van der Waals surface area contributed by atoms with Gasteiger partial charge in [0.1, 0.15) is 17.7 Å². The SMILES string of the molecule is O=C(O)c1cccc(C(=O)OC(Cc2cccc(F)c2)c2cccc(F)c2)c1. The Morgan fingerprint density at radius 1 is 0.857 bits per heavy atom. The highest BCUT2D eigenvalue weighted by Gasteiger charge is 2.20. The Morgan fingerprint density at radius 2 is 1.50 bits per heavy atom. The van der Waals surface area contributed by atoms with Crippen molar-refractivity contribution in [3.05, 3.63) is 107 Å². The number of ether oxygens (including phenoxy) is 1. The second-order valence-corrected chi connectivity index (χ2v) is 6.17. The van der Waals surface area contributed by atoms with Crippen molar-refractivity contribution >= 4 is 11.9 Å². The van der Waals surface area contributed by atoms with Crippen LogP contribution in [0.1, 0.15) is 37.9 Å². The second kappa shape index (κ2) is 8.43. The average Bonchev–Trinajstić information content (AvgIpc) is 2.67. The van der Waals surface area contributed by atoms with Crippen LogP contribution in [0.5, 0.6) is 0 Å². The molecule has 0 amide bonds. The molecule has 142 valence electrons. The lowest BCUT2D eigenvalue weighted by molar-refractivity contribution is 0.0296. The van der Waals surface area contributed by atoms with Crippen LogP contribution in [-0.4, -0.2) is 17.0 Å². The van der Waals surface area contributed by atoms with E-state index >= 15 is 0 Å². The molecule has 3 aromatic rings. The van der Waals surface area contributed by atoms with Crippen molar-refractivity contribution in [3.63, 3.8) is 0 Å². The zero-order valence-electron chi connectivity index (χ0n) is 14.6. The predicted molar refractivity (Wildman–Crippen MR) is 98.1 cm³/mol. The number of hydrogen-bond acceptors (Lipinski definition) is 3. The molecule has 1 N–H and O–H groups in total. The van der Waals surface area contributed by atoms with Gasteiger partial charge in [-0.25, -0.2) is 18.4 Å². The highest BCUT2D eigenvalue weighted by molar-refractivity contribution is 5.94. The molecule has 0 aromatic heterocycles. The minimum Gasteiger partial charge on any atom is -0.478 e. The minimum absolute atomic E-state index is 0.0538. The van der Waals surface area contributed by atoms with Crippen molar-refractivity contribution < 1.29 is 28.2 Å². The molecule has 0 aliphatic carbocycles. The zero-order valence-corrected chi connectivity index (χ0v) is 14.6. The molecule has 4 nitrogen and oxygen atoms in total. The van der Waals surface area contributed by atoms with Crippen LogP contribution in [0.4, 0.5) is 8.78 Å². The molecule has 0 bridgehead atoms. The number of rotatable bonds is 6. The van der Waals surface area contributed by atoms with Gasteiger partial charge in [0.2, 0.25) is 0 Å². The molecule has 0 aliphatic rings. The molecule has 3 rings (SSSR count). The molecule has 1 atom stereocenters. The number of carboxylic acids is 1. The molecule has 1 unspecified atom stereocenters. The quantitative estimate of drug-likeness (QED) is 0.622. The summed E-state index contributed by atoms with van der Waals surface area (Å²) >= 11 is 0. The van der Waals surface area contributed by atoms with E-state index in [0.29, 0.717) is 11.1 Å². The van der Waals surface area contributed by atoms with E-state index in [4.69, 9.17) is 9.84 Å². The fourth-order valence-electron chi connectivity index (χ4n) is 2.79. The first-order valence-corrected chi connectivity index (χ1v) is 8.46. The summed E-state index contributed by atoms with van der Waals surface area (Å²) in [6.07, 6.45) is -0.746. The lowest BCUT2D eigenvalue weighted by Gasteiger charge is -2.19. The number of carbonyl (C=O) groups excluding carboxylic acids is 1. The largest absolute Gasteiger partial charge is 0.478 e. The highest BCUT2D eigenvalue weighted by atomic mass is 19.1. The van der Waals surface area contributed by atoms with Crippen LogP contribution < -0.4 is 0 Å². The van der Waals surface area contributed by atoms with Crippen LogP contribution in [-0.2, 0) is 11.2 Å². The van der Waals surface area contributed by atoms with Gasteiger partial charge in [-0.15, -0.1) is 0 Å². The summed E-state index contributed by atoms with van der Waals surface area (Å²) in [5.41, 5.74) is 0.982. The van der Waals surface area contributed by atoms with Crippen LogP contribution in [0.25, 0.3) is 0 Å². The zero-order chi connectivity index (χ0) is 20.1. The van der Waals surface area contributed by atoms with Gasteiger partial charge in [-0.2, -0.15) is 0 Å². The molecule has 0 heterocycles. The van der Waals surface area contributed by atoms with E-state index in [1.165, 1.54) is 60.7 Å². The molecule has 0 saturated carbocycles. The van der Waals surface area contributed by atoms with E-state index in [-0.39, 0.29) is 17.5 Å². The summed E-state index contributed by atoms with van der Waals surface area (Å²) in [6.45, 7) is 0. The van der Waals surface area contributed by atoms with Crippen molar-refractivity contribution in [1.82, 2.24) is 0 Å². The number of benzene rings is 3. The summed E-state index contributed by atoms with van der Waals surface area (Å²) in [6, 6.07) is 16.8. The van der Waals surface area contributed by atoms with E-state index in [9.17, 15) is 18.4 Å². The van der Waals surface area contributed by atoms with Crippen LogP contribution in [0.2, 0.25) is 0 Å². The van der Waals surface area contributed by atoms with Gasteiger partial charge >= 0.3 is 11.9 Å². The number of carboxylic acid groups (broad SMARTS) is 1. The van der Waals surface area contributed by atoms with Gasteiger partial charge in [0, 0.05) is 6.42 Å². The molecule has 0 radical (unpaired) electrons. The first-order valence-electron chi connectivity index (χ1n) is 8.46. The molecule has 0 spiro atoms. The van der Waals surface area contributed by atoms with Gasteiger partial charge in [0.25, 0.3) is 0 Å². The first kappa shape index (κ1) is 19.2. The van der Waals surface area contributed by atoms with E-state index < -0.39 is 29.7 Å². The second-order valence-electron chi connectivity index (χ2n) is 6.17. The number of aromatic carboxylic acids is 1. The van der Waals surface area contributed by atoms with Gasteiger partial charge in [-0.05, 0) is 53.6 Å². The number of halogens is 2. The van der Waals surface area contributed by atoms with Crippen molar-refractivity contribution in [3.8, 4) is 0 Å². The van der Waals surface area contributed by atoms with Crippen LogP contribution in [0, 0.1) is 11.6 Å². The molecule has 0 saturated heterocycles. The fourth-order valence-corrected chi connectivity index (χ4v) is 2.79. The minimum atomic E-state index is -1.17. The Bertz CT molecular complexity index is 1020. The molecule has 28 heavy (non-hydrogen) atoms. The Hall–Kier alpha value is -3.54. The van der Waals surface area contributed by atoms with E-state index in [0.717, 1.165) is 0 Å². The third-order valence-electron chi connectivity index (χ3n) is 4.13. The third kappa shape index (κ3) is 4.79. The molecule has 3 aromatic carbocycles. The van der Waals surface area contributed by atoms with Crippen molar-refractivity contribution in [2.45, 2.75) is 12.5 Å². The molecular formula is C22H16F2O4. The fraction of sp³-hybridized carbons (Fsp3) is 0.0909. The third-order valence-corrected chi connectivity index (χ3v) is 4.13. The average molecular weight is 382 g/mol. The summed E-state index contributed by atoms with van der Waals surface area (Å²) in [5.74, 6) is -2.86. The van der Waals surface area contributed by atoms with Crippen LogP contribution in [0.15, 0.2) is 72.8 Å². The van der Waals surface area contributed by atoms with Gasteiger partial charge in [0.15, 0.2) is 0 Å². The molecule has 6 heteroatoms. The smallest absolute Gasteiger partial charge is 0.338 e. The van der Waals surface area contributed by atoms with Gasteiger partial charge in [-0.1, -0.05) is 30.3 Å². The normalized spacial score (nSPS) is 11.6. The van der Waals surface area contributed by atoms with Crippen molar-refractivity contribution in [1.29, 1.82) is 0 Å². The van der Waals surface area contributed by atoms with Crippen LogP contribution in [0.3, 0.4) is 0 Å². The summed E-state index contributed by atoms with van der Waals surface area (Å²) in [4.78, 5) is 23.7. The van der Waals surface area contributed by atoms with Crippen molar-refractivity contribution in [2.24, 2.45) is 0 Å². The Morgan fingerprint density at radius 3 is 2.18 bits per heavy atom. The van der Waals surface area contributed by atoms with E-state index in [1.807, 2.05) is 0 Å². The Balaban J connectivity index is 1.89. The summed E-state index contributed by atoms with van der Waals surface area (Å²) < 4.78 is 32.7. The topological polar surface area (TPSA) is 63.6 Å². The maximum Gasteiger partial charge on any atom is 0.338 e.